The molecule has 4 heteroatoms. The van der Waals surface area contributed by atoms with Crippen LogP contribution in [0, 0.1) is 29.9 Å². The molecule has 0 spiro atoms. The molecular weight excluding hydrogens is 260 g/mol. The van der Waals surface area contributed by atoms with E-state index in [0.717, 1.165) is 17.7 Å². The second-order valence-corrected chi connectivity index (χ2v) is 4.46. The first-order valence-corrected chi connectivity index (χ1v) is 5.98. The van der Waals surface area contributed by atoms with Gasteiger partial charge in [-0.1, -0.05) is 29.8 Å². The molecule has 0 aromatic heterocycles. The van der Waals surface area contributed by atoms with E-state index in [-0.39, 0.29) is 5.56 Å². The highest BCUT2D eigenvalue weighted by Gasteiger charge is 2.24. The largest absolute Gasteiger partial charge is 0.292 e. The predicted molar refractivity (Wildman–Crippen MR) is 70.2 cm³/mol. The SMILES string of the molecule is Cc1cccc(C(=O)C(C#N)c2ccc(F)cc2F)c1. The van der Waals surface area contributed by atoms with Gasteiger partial charge in [-0.25, -0.2) is 8.78 Å². The molecule has 0 radical (unpaired) electrons. The smallest absolute Gasteiger partial charge is 0.184 e. The average molecular weight is 271 g/mol. The zero-order valence-electron chi connectivity index (χ0n) is 10.7. The third-order valence-electron chi connectivity index (χ3n) is 2.97. The first-order valence-electron chi connectivity index (χ1n) is 5.98. The van der Waals surface area contributed by atoms with Gasteiger partial charge < -0.3 is 0 Å². The molecule has 0 saturated carbocycles. The standard InChI is InChI=1S/C16H11F2NO/c1-10-3-2-4-11(7-10)16(20)14(9-19)13-6-5-12(17)8-15(13)18/h2-8,14H,1H3. The molecule has 0 aliphatic rings. The number of carbonyl (C=O) groups is 1. The van der Waals surface area contributed by atoms with Gasteiger partial charge in [0.1, 0.15) is 17.6 Å². The zero-order valence-corrected chi connectivity index (χ0v) is 10.7. The molecule has 0 heterocycles. The molecule has 0 N–H and O–H groups in total. The number of benzene rings is 2. The molecule has 0 bridgehead atoms. The summed E-state index contributed by atoms with van der Waals surface area (Å²) in [6.45, 7) is 1.82. The number of hydrogen-bond acceptors (Lipinski definition) is 2. The summed E-state index contributed by atoms with van der Waals surface area (Å²) in [5, 5.41) is 9.14. The van der Waals surface area contributed by atoms with Crippen molar-refractivity contribution in [3.8, 4) is 6.07 Å². The van der Waals surface area contributed by atoms with Gasteiger partial charge in [-0.05, 0) is 19.1 Å². The van der Waals surface area contributed by atoms with Crippen LogP contribution in [0.4, 0.5) is 8.78 Å². The molecule has 2 nitrogen and oxygen atoms in total. The minimum atomic E-state index is -1.28. The normalized spacial score (nSPS) is 11.7. The third kappa shape index (κ3) is 2.72. The molecule has 0 aliphatic carbocycles. The summed E-state index contributed by atoms with van der Waals surface area (Å²) >= 11 is 0. The summed E-state index contributed by atoms with van der Waals surface area (Å²) in [6.07, 6.45) is 0. The van der Waals surface area contributed by atoms with Gasteiger partial charge in [0.25, 0.3) is 0 Å². The second kappa shape index (κ2) is 5.62. The van der Waals surface area contributed by atoms with E-state index >= 15 is 0 Å². The fraction of sp³-hybridized carbons (Fsp3) is 0.125. The van der Waals surface area contributed by atoms with E-state index in [1.165, 1.54) is 0 Å². The zero-order chi connectivity index (χ0) is 14.7. The van der Waals surface area contributed by atoms with Crippen LogP contribution in [0.3, 0.4) is 0 Å². The molecule has 0 amide bonds. The van der Waals surface area contributed by atoms with E-state index < -0.39 is 23.3 Å². The number of hydrogen-bond donors (Lipinski definition) is 0. The first kappa shape index (κ1) is 13.9. The van der Waals surface area contributed by atoms with Crippen LogP contribution in [0.2, 0.25) is 0 Å². The molecule has 2 aromatic rings. The second-order valence-electron chi connectivity index (χ2n) is 4.46. The molecule has 1 unspecified atom stereocenters. The van der Waals surface area contributed by atoms with Crippen molar-refractivity contribution >= 4 is 5.78 Å². The summed E-state index contributed by atoms with van der Waals surface area (Å²) in [6, 6.07) is 11.3. The van der Waals surface area contributed by atoms with Crippen LogP contribution in [-0.4, -0.2) is 5.78 Å². The lowest BCUT2D eigenvalue weighted by Gasteiger charge is -2.10. The van der Waals surface area contributed by atoms with Crippen LogP contribution >= 0.6 is 0 Å². The Labute approximate surface area is 115 Å². The van der Waals surface area contributed by atoms with Gasteiger partial charge in [-0.15, -0.1) is 0 Å². The fourth-order valence-corrected chi connectivity index (χ4v) is 1.97. The van der Waals surface area contributed by atoms with Gasteiger partial charge in [0.15, 0.2) is 5.78 Å². The minimum absolute atomic E-state index is 0.111. The molecule has 2 rings (SSSR count). The first-order chi connectivity index (χ1) is 9.52. The number of Topliss-reactive ketones (excluding diaryl/α,β-unsaturated/α-hetero) is 1. The van der Waals surface area contributed by atoms with E-state index in [2.05, 4.69) is 0 Å². The van der Waals surface area contributed by atoms with Gasteiger partial charge in [-0.3, -0.25) is 4.79 Å². The molecule has 1 atom stereocenters. The highest BCUT2D eigenvalue weighted by molar-refractivity contribution is 6.02. The molecule has 0 saturated heterocycles. The monoisotopic (exact) mass is 271 g/mol. The Morgan fingerprint density at radius 3 is 2.55 bits per heavy atom. The summed E-state index contributed by atoms with van der Waals surface area (Å²) < 4.78 is 26.6. The molecule has 0 fully saturated rings. The van der Waals surface area contributed by atoms with Crippen molar-refractivity contribution in [2.24, 2.45) is 0 Å². The van der Waals surface area contributed by atoms with Gasteiger partial charge in [0.2, 0.25) is 0 Å². The number of nitriles is 1. The van der Waals surface area contributed by atoms with Gasteiger partial charge >= 0.3 is 0 Å². The van der Waals surface area contributed by atoms with Crippen LogP contribution in [-0.2, 0) is 0 Å². The van der Waals surface area contributed by atoms with Crippen LogP contribution < -0.4 is 0 Å². The Morgan fingerprint density at radius 1 is 1.20 bits per heavy atom. The summed E-state index contributed by atoms with van der Waals surface area (Å²) in [4.78, 5) is 12.3. The summed E-state index contributed by atoms with van der Waals surface area (Å²) in [5.41, 5.74) is 1.09. The maximum atomic E-state index is 13.7. The molecule has 2 aromatic carbocycles. The van der Waals surface area contributed by atoms with Gasteiger partial charge in [-0.2, -0.15) is 5.26 Å². The summed E-state index contributed by atoms with van der Waals surface area (Å²) in [5.74, 6) is -3.41. The van der Waals surface area contributed by atoms with E-state index in [9.17, 15) is 13.6 Å². The van der Waals surface area contributed by atoms with Gasteiger partial charge in [0, 0.05) is 17.2 Å². The number of ketones is 1. The lowest BCUT2D eigenvalue weighted by atomic mass is 9.91. The Balaban J connectivity index is 2.43. The van der Waals surface area contributed by atoms with Crippen LogP contribution in [0.25, 0.3) is 0 Å². The Bertz CT molecular complexity index is 704. The maximum Gasteiger partial charge on any atom is 0.184 e. The van der Waals surface area contributed by atoms with Crippen LogP contribution in [0.15, 0.2) is 42.5 Å². The third-order valence-corrected chi connectivity index (χ3v) is 2.97. The van der Waals surface area contributed by atoms with Crippen molar-refractivity contribution in [3.05, 3.63) is 70.8 Å². The Hall–Kier alpha value is -2.54. The molecular formula is C16H11F2NO. The van der Waals surface area contributed by atoms with Crippen molar-refractivity contribution in [1.82, 2.24) is 0 Å². The highest BCUT2D eigenvalue weighted by atomic mass is 19.1. The van der Waals surface area contributed by atoms with E-state index in [1.807, 2.05) is 13.0 Å². The average Bonchev–Trinajstić information content (AvgIpc) is 2.41. The topological polar surface area (TPSA) is 40.9 Å². The van der Waals surface area contributed by atoms with Crippen LogP contribution in [0.1, 0.15) is 27.4 Å². The van der Waals surface area contributed by atoms with Crippen molar-refractivity contribution in [3.63, 3.8) is 0 Å². The fourth-order valence-electron chi connectivity index (χ4n) is 1.97. The number of aryl methyl sites for hydroxylation is 1. The quantitative estimate of drug-likeness (QED) is 0.797. The van der Waals surface area contributed by atoms with E-state index in [0.29, 0.717) is 11.6 Å². The molecule has 100 valence electrons. The predicted octanol–water partition coefficient (Wildman–Crippen LogP) is 3.76. The lowest BCUT2D eigenvalue weighted by Crippen LogP contribution is -2.13. The van der Waals surface area contributed by atoms with Crippen molar-refractivity contribution in [2.75, 3.05) is 0 Å². The van der Waals surface area contributed by atoms with Gasteiger partial charge in [0.05, 0.1) is 6.07 Å². The Morgan fingerprint density at radius 2 is 1.95 bits per heavy atom. The minimum Gasteiger partial charge on any atom is -0.292 e. The Kier molecular flexibility index (Phi) is 3.90. The van der Waals surface area contributed by atoms with Crippen molar-refractivity contribution < 1.29 is 13.6 Å². The van der Waals surface area contributed by atoms with E-state index in [1.54, 1.807) is 24.3 Å². The number of halogens is 2. The number of rotatable bonds is 3. The van der Waals surface area contributed by atoms with Crippen molar-refractivity contribution in [2.45, 2.75) is 12.8 Å². The number of nitrogens with zero attached hydrogens (tertiary/aromatic N) is 1. The molecule has 0 aliphatic heterocycles. The maximum absolute atomic E-state index is 13.7. The van der Waals surface area contributed by atoms with Crippen molar-refractivity contribution in [1.29, 1.82) is 5.26 Å². The summed E-state index contributed by atoms with van der Waals surface area (Å²) in [7, 11) is 0. The lowest BCUT2D eigenvalue weighted by molar-refractivity contribution is 0.0977. The molecule has 20 heavy (non-hydrogen) atoms. The number of carbonyl (C=O) groups excluding carboxylic acids is 1. The van der Waals surface area contributed by atoms with Crippen LogP contribution in [0.5, 0.6) is 0 Å². The highest BCUT2D eigenvalue weighted by Crippen LogP contribution is 2.24. The van der Waals surface area contributed by atoms with E-state index in [4.69, 9.17) is 5.26 Å².